The van der Waals surface area contributed by atoms with Crippen molar-refractivity contribution in [2.45, 2.75) is 69.0 Å². The van der Waals surface area contributed by atoms with Gasteiger partial charge >= 0.3 is 0 Å². The minimum Gasteiger partial charge on any atom is -0.388 e. The van der Waals surface area contributed by atoms with Crippen LogP contribution < -0.4 is 5.32 Å². The molecular weight excluding hydrogens is 435 g/mol. The van der Waals surface area contributed by atoms with Crippen LogP contribution in [0.25, 0.3) is 11.3 Å². The summed E-state index contributed by atoms with van der Waals surface area (Å²) in [6, 6.07) is 3.11. The van der Waals surface area contributed by atoms with Crippen LogP contribution in [0.2, 0.25) is 5.02 Å². The molecular formula is C23H24ClFN4O3. The molecule has 0 amide bonds. The van der Waals surface area contributed by atoms with Gasteiger partial charge in [0.05, 0.1) is 29.6 Å². The Bertz CT molecular complexity index is 1120. The molecule has 1 saturated carbocycles. The van der Waals surface area contributed by atoms with Crippen LogP contribution in [0.4, 0.5) is 16.0 Å². The van der Waals surface area contributed by atoms with E-state index in [-0.39, 0.29) is 29.7 Å². The minimum atomic E-state index is -0.740. The second kappa shape index (κ2) is 7.45. The van der Waals surface area contributed by atoms with Crippen LogP contribution in [-0.2, 0) is 14.9 Å². The van der Waals surface area contributed by atoms with Gasteiger partial charge in [0.1, 0.15) is 23.7 Å². The zero-order valence-electron chi connectivity index (χ0n) is 17.6. The van der Waals surface area contributed by atoms with Gasteiger partial charge in [0.2, 0.25) is 5.95 Å². The Labute approximate surface area is 190 Å². The maximum Gasteiger partial charge on any atom is 0.223 e. The van der Waals surface area contributed by atoms with E-state index in [1.807, 2.05) is 13.0 Å². The Morgan fingerprint density at radius 2 is 2.09 bits per heavy atom. The fourth-order valence-corrected chi connectivity index (χ4v) is 5.83. The number of halogens is 2. The van der Waals surface area contributed by atoms with Gasteiger partial charge in [0.25, 0.3) is 0 Å². The van der Waals surface area contributed by atoms with E-state index in [1.165, 1.54) is 12.3 Å². The van der Waals surface area contributed by atoms with Crippen LogP contribution in [0.3, 0.4) is 0 Å². The number of aliphatic hydroxyl groups excluding tert-OH is 1. The molecule has 168 valence electrons. The number of fused-ring (bicyclic) bond motifs is 4. The minimum absolute atomic E-state index is 0.182. The molecule has 0 unspecified atom stereocenters. The highest BCUT2D eigenvalue weighted by Crippen LogP contribution is 2.52. The highest BCUT2D eigenvalue weighted by Gasteiger charge is 2.45. The molecule has 1 spiro atoms. The highest BCUT2D eigenvalue weighted by molar-refractivity contribution is 6.33. The van der Waals surface area contributed by atoms with Gasteiger partial charge in [-0.1, -0.05) is 24.4 Å². The zero-order chi connectivity index (χ0) is 22.0. The first-order valence-corrected chi connectivity index (χ1v) is 11.5. The van der Waals surface area contributed by atoms with Crippen molar-refractivity contribution in [3.63, 3.8) is 0 Å². The fourth-order valence-electron chi connectivity index (χ4n) is 5.63. The van der Waals surface area contributed by atoms with Crippen molar-refractivity contribution in [1.82, 2.24) is 9.97 Å². The summed E-state index contributed by atoms with van der Waals surface area (Å²) in [5.41, 5.74) is 3.23. The molecule has 2 saturated heterocycles. The number of ether oxygens (including phenoxy) is 2. The van der Waals surface area contributed by atoms with Gasteiger partial charge in [-0.25, -0.2) is 14.4 Å². The number of hydrogen-bond donors (Lipinski definition) is 2. The predicted octanol–water partition coefficient (Wildman–Crippen LogP) is 4.14. The molecule has 4 atom stereocenters. The molecule has 4 aliphatic rings. The van der Waals surface area contributed by atoms with E-state index in [9.17, 15) is 5.11 Å². The van der Waals surface area contributed by atoms with Crippen LogP contribution in [0.15, 0.2) is 23.3 Å². The van der Waals surface area contributed by atoms with Gasteiger partial charge < -0.3 is 19.9 Å². The number of hydrogen-bond acceptors (Lipinski definition) is 7. The topological polar surface area (TPSA) is 88.9 Å². The number of nitrogens with zero attached hydrogens (tertiary/aromatic N) is 3. The first-order chi connectivity index (χ1) is 15.4. The van der Waals surface area contributed by atoms with Gasteiger partial charge in [0, 0.05) is 23.1 Å². The molecule has 1 aromatic heterocycles. The Kier molecular flexibility index (Phi) is 4.77. The van der Waals surface area contributed by atoms with E-state index in [2.05, 4.69) is 20.3 Å². The lowest BCUT2D eigenvalue weighted by Crippen LogP contribution is -2.48. The third-order valence-corrected chi connectivity index (χ3v) is 7.63. The molecule has 4 heterocycles. The Morgan fingerprint density at radius 1 is 1.28 bits per heavy atom. The van der Waals surface area contributed by atoms with Crippen LogP contribution in [0.1, 0.15) is 44.6 Å². The van der Waals surface area contributed by atoms with E-state index < -0.39 is 6.10 Å². The Morgan fingerprint density at radius 3 is 2.91 bits per heavy atom. The molecule has 1 aliphatic carbocycles. The first kappa shape index (κ1) is 20.5. The average molecular weight is 459 g/mol. The number of nitrogens with one attached hydrogen (secondary N) is 1. The first-order valence-electron chi connectivity index (χ1n) is 11.1. The van der Waals surface area contributed by atoms with Gasteiger partial charge in [-0.2, -0.15) is 0 Å². The van der Waals surface area contributed by atoms with Crippen molar-refractivity contribution in [3.8, 4) is 11.3 Å². The Hall–Kier alpha value is -2.13. The van der Waals surface area contributed by atoms with Crippen molar-refractivity contribution in [2.75, 3.05) is 11.9 Å². The average Bonchev–Trinajstić information content (AvgIpc) is 3.49. The molecule has 2 aromatic rings. The largest absolute Gasteiger partial charge is 0.388 e. The maximum absolute atomic E-state index is 15.1. The molecule has 3 aliphatic heterocycles. The van der Waals surface area contributed by atoms with E-state index in [1.54, 1.807) is 0 Å². The predicted molar refractivity (Wildman–Crippen MR) is 118 cm³/mol. The standard InChI is InChI=1S/C23H24ClFN4O3/c1-11-23(4-2-3-5-23)13-6-12(7-15(25)20(13)27-11)19-14(24)9-26-22(29-19)28-16-8-18-31-10-17(32-18)21(16)30/h6-7,9,16-18,21,30H,2-5,8,10H2,1H3,(H,26,28,29)/t16-,17+,18+,21+/m1/s1. The molecule has 0 radical (unpaired) electrons. The van der Waals surface area contributed by atoms with Crippen LogP contribution in [-0.4, -0.2) is 51.9 Å². The van der Waals surface area contributed by atoms with E-state index >= 15 is 4.39 Å². The number of rotatable bonds is 3. The van der Waals surface area contributed by atoms with Gasteiger partial charge in [-0.05, 0) is 37.5 Å². The van der Waals surface area contributed by atoms with Gasteiger partial charge in [0.15, 0.2) is 6.29 Å². The van der Waals surface area contributed by atoms with Crippen molar-refractivity contribution < 1.29 is 19.0 Å². The van der Waals surface area contributed by atoms with Crippen LogP contribution in [0.5, 0.6) is 0 Å². The lowest BCUT2D eigenvalue weighted by Gasteiger charge is -2.32. The van der Waals surface area contributed by atoms with Crippen LogP contribution >= 0.6 is 11.6 Å². The molecule has 2 N–H and O–H groups in total. The lowest BCUT2D eigenvalue weighted by atomic mass is 9.76. The smallest absolute Gasteiger partial charge is 0.223 e. The normalized spacial score (nSPS) is 29.9. The summed E-state index contributed by atoms with van der Waals surface area (Å²) in [7, 11) is 0. The SMILES string of the molecule is CC1=Nc2c(F)cc(-c3nc(N[C@@H]4C[C@H]5OC[C@H](O5)[C@H]4O)ncc3Cl)cc2C12CCCC2. The summed E-state index contributed by atoms with van der Waals surface area (Å²) in [6.45, 7) is 2.37. The summed E-state index contributed by atoms with van der Waals surface area (Å²) in [5, 5.41) is 14.1. The number of aliphatic hydroxyl groups is 1. The number of anilines is 1. The van der Waals surface area contributed by atoms with Crippen LogP contribution in [0, 0.1) is 5.82 Å². The van der Waals surface area contributed by atoms with Crippen molar-refractivity contribution in [3.05, 3.63) is 34.7 Å². The Balaban J connectivity index is 1.35. The molecule has 1 aromatic carbocycles. The van der Waals surface area contributed by atoms with E-state index in [0.29, 0.717) is 40.9 Å². The molecule has 32 heavy (non-hydrogen) atoms. The third kappa shape index (κ3) is 3.08. The van der Waals surface area contributed by atoms with Crippen molar-refractivity contribution in [2.24, 2.45) is 4.99 Å². The number of aliphatic imine (C=N–C) groups is 1. The maximum atomic E-state index is 15.1. The number of benzene rings is 1. The second-order valence-corrected chi connectivity index (χ2v) is 9.55. The van der Waals surface area contributed by atoms with Gasteiger partial charge in [-0.3, -0.25) is 4.99 Å². The summed E-state index contributed by atoms with van der Waals surface area (Å²) >= 11 is 6.45. The quantitative estimate of drug-likeness (QED) is 0.718. The molecule has 2 bridgehead atoms. The van der Waals surface area contributed by atoms with Crippen molar-refractivity contribution >= 4 is 28.9 Å². The molecule has 6 rings (SSSR count). The van der Waals surface area contributed by atoms with Gasteiger partial charge in [-0.15, -0.1) is 0 Å². The molecule has 7 nitrogen and oxygen atoms in total. The third-order valence-electron chi connectivity index (χ3n) is 7.35. The zero-order valence-corrected chi connectivity index (χ0v) is 18.4. The molecule has 3 fully saturated rings. The van der Waals surface area contributed by atoms with E-state index in [4.69, 9.17) is 21.1 Å². The summed E-state index contributed by atoms with van der Waals surface area (Å²) in [5.74, 6) is -0.0444. The van der Waals surface area contributed by atoms with E-state index in [0.717, 1.165) is 37.0 Å². The number of aromatic nitrogens is 2. The monoisotopic (exact) mass is 458 g/mol. The highest BCUT2D eigenvalue weighted by atomic mass is 35.5. The fraction of sp³-hybridized carbons (Fsp3) is 0.522. The second-order valence-electron chi connectivity index (χ2n) is 9.15. The summed E-state index contributed by atoms with van der Waals surface area (Å²) < 4.78 is 26.2. The van der Waals surface area contributed by atoms with Crippen molar-refractivity contribution in [1.29, 1.82) is 0 Å². The lowest BCUT2D eigenvalue weighted by molar-refractivity contribution is -0.123. The summed E-state index contributed by atoms with van der Waals surface area (Å²) in [4.78, 5) is 13.4. The summed E-state index contributed by atoms with van der Waals surface area (Å²) in [6.07, 6.45) is 4.71. The molecule has 9 heteroatoms.